The number of nitrogens with one attached hydrogen (secondary N) is 2. The van der Waals surface area contributed by atoms with Crippen LogP contribution >= 0.6 is 0 Å². The average Bonchev–Trinajstić information content (AvgIpc) is 2.71. The number of aryl methyl sites for hydroxylation is 1. The molecular weight excluding hydrogens is 354 g/mol. The van der Waals surface area contributed by atoms with Gasteiger partial charge in [-0.3, -0.25) is 14.4 Å². The Labute approximate surface area is 168 Å². The molecule has 3 amide bonds. The second-order valence-electron chi connectivity index (χ2n) is 7.66. The third-order valence-corrected chi connectivity index (χ3v) is 5.63. The highest BCUT2D eigenvalue weighted by Crippen LogP contribution is 2.22. The standard InChI is InChI=1S/C22H33N3O3/c1-5-16(4)23-22(28)20(17-11-13-25(14-12-17)19(26)6-2)24-21(27)18-10-8-7-9-15(18)3/h7-10,16-17,20H,5-6,11-14H2,1-4H3,(H,23,28)(H,24,27)/t16-,20-/m1/s1. The van der Waals surface area contributed by atoms with Crippen LogP contribution in [0.15, 0.2) is 24.3 Å². The Bertz CT molecular complexity index is 696. The van der Waals surface area contributed by atoms with Crippen LogP contribution in [-0.2, 0) is 9.59 Å². The number of rotatable bonds is 7. The van der Waals surface area contributed by atoms with E-state index in [1.54, 1.807) is 6.07 Å². The summed E-state index contributed by atoms with van der Waals surface area (Å²) in [5.41, 5.74) is 1.46. The Hall–Kier alpha value is -2.37. The van der Waals surface area contributed by atoms with Crippen molar-refractivity contribution in [1.82, 2.24) is 15.5 Å². The molecule has 0 spiro atoms. The van der Waals surface area contributed by atoms with Gasteiger partial charge < -0.3 is 15.5 Å². The molecule has 154 valence electrons. The fourth-order valence-electron chi connectivity index (χ4n) is 3.58. The van der Waals surface area contributed by atoms with Crippen LogP contribution in [0.2, 0.25) is 0 Å². The average molecular weight is 388 g/mol. The Morgan fingerprint density at radius 1 is 1.11 bits per heavy atom. The lowest BCUT2D eigenvalue weighted by molar-refractivity contribution is -0.132. The zero-order chi connectivity index (χ0) is 20.7. The molecular formula is C22H33N3O3. The number of likely N-dealkylation sites (tertiary alicyclic amines) is 1. The van der Waals surface area contributed by atoms with E-state index in [9.17, 15) is 14.4 Å². The van der Waals surface area contributed by atoms with Crippen LogP contribution < -0.4 is 10.6 Å². The first kappa shape index (κ1) is 21.9. The zero-order valence-corrected chi connectivity index (χ0v) is 17.5. The summed E-state index contributed by atoms with van der Waals surface area (Å²) in [7, 11) is 0. The van der Waals surface area contributed by atoms with Crippen LogP contribution in [-0.4, -0.2) is 47.8 Å². The molecule has 2 N–H and O–H groups in total. The van der Waals surface area contributed by atoms with Gasteiger partial charge in [-0.15, -0.1) is 0 Å². The molecule has 1 aromatic rings. The van der Waals surface area contributed by atoms with Gasteiger partial charge in [0.05, 0.1) is 0 Å². The smallest absolute Gasteiger partial charge is 0.252 e. The Balaban J connectivity index is 2.13. The molecule has 1 aliphatic heterocycles. The first-order chi connectivity index (χ1) is 13.4. The summed E-state index contributed by atoms with van der Waals surface area (Å²) in [5.74, 6) is -0.216. The normalized spacial score (nSPS) is 16.9. The molecule has 1 aromatic carbocycles. The van der Waals surface area contributed by atoms with Gasteiger partial charge in [0.25, 0.3) is 5.91 Å². The third kappa shape index (κ3) is 5.57. The Morgan fingerprint density at radius 2 is 1.75 bits per heavy atom. The molecule has 28 heavy (non-hydrogen) atoms. The summed E-state index contributed by atoms with van der Waals surface area (Å²) in [6.07, 6.45) is 2.73. The summed E-state index contributed by atoms with van der Waals surface area (Å²) in [6, 6.07) is 6.83. The summed E-state index contributed by atoms with van der Waals surface area (Å²) in [6.45, 7) is 8.98. The van der Waals surface area contributed by atoms with Crippen molar-refractivity contribution in [2.75, 3.05) is 13.1 Å². The van der Waals surface area contributed by atoms with Crippen molar-refractivity contribution in [2.24, 2.45) is 5.92 Å². The molecule has 0 bridgehead atoms. The highest BCUT2D eigenvalue weighted by molar-refractivity contribution is 5.98. The summed E-state index contributed by atoms with van der Waals surface area (Å²) < 4.78 is 0. The van der Waals surface area contributed by atoms with Crippen LogP contribution in [0.5, 0.6) is 0 Å². The number of hydrogen-bond acceptors (Lipinski definition) is 3. The topological polar surface area (TPSA) is 78.5 Å². The number of piperidine rings is 1. The fraction of sp³-hybridized carbons (Fsp3) is 0.591. The highest BCUT2D eigenvalue weighted by Gasteiger charge is 2.34. The Morgan fingerprint density at radius 3 is 2.32 bits per heavy atom. The predicted octanol–water partition coefficient (Wildman–Crippen LogP) is 2.66. The van der Waals surface area contributed by atoms with Crippen molar-refractivity contribution in [1.29, 1.82) is 0 Å². The van der Waals surface area contributed by atoms with Crippen LogP contribution in [0.1, 0.15) is 62.4 Å². The lowest BCUT2D eigenvalue weighted by atomic mass is 9.88. The largest absolute Gasteiger partial charge is 0.352 e. The van der Waals surface area contributed by atoms with E-state index in [0.717, 1.165) is 12.0 Å². The van der Waals surface area contributed by atoms with Gasteiger partial charge in [0, 0.05) is 31.1 Å². The molecule has 6 nitrogen and oxygen atoms in total. The van der Waals surface area contributed by atoms with Crippen LogP contribution in [0.25, 0.3) is 0 Å². The maximum absolute atomic E-state index is 12.9. The number of hydrogen-bond donors (Lipinski definition) is 2. The molecule has 0 radical (unpaired) electrons. The molecule has 1 fully saturated rings. The SMILES string of the molecule is CCC(=O)N1CCC([C@@H](NC(=O)c2ccccc2C)C(=O)N[C@H](C)CC)CC1. The van der Waals surface area contributed by atoms with Crippen molar-refractivity contribution >= 4 is 17.7 Å². The maximum Gasteiger partial charge on any atom is 0.252 e. The molecule has 6 heteroatoms. The number of carbonyl (C=O) groups excluding carboxylic acids is 3. The minimum atomic E-state index is -0.597. The number of benzene rings is 1. The van der Waals surface area contributed by atoms with Crippen molar-refractivity contribution < 1.29 is 14.4 Å². The summed E-state index contributed by atoms with van der Waals surface area (Å²) >= 11 is 0. The second-order valence-corrected chi connectivity index (χ2v) is 7.66. The molecule has 0 aromatic heterocycles. The van der Waals surface area contributed by atoms with Gasteiger partial charge in [0.1, 0.15) is 6.04 Å². The maximum atomic E-state index is 12.9. The van der Waals surface area contributed by atoms with E-state index in [1.165, 1.54) is 0 Å². The molecule has 1 aliphatic rings. The van der Waals surface area contributed by atoms with E-state index in [-0.39, 0.29) is 29.7 Å². The summed E-state index contributed by atoms with van der Waals surface area (Å²) in [5, 5.41) is 5.99. The number of amides is 3. The minimum Gasteiger partial charge on any atom is -0.352 e. The lowest BCUT2D eigenvalue weighted by Crippen LogP contribution is -2.55. The van der Waals surface area contributed by atoms with E-state index in [0.29, 0.717) is 37.9 Å². The van der Waals surface area contributed by atoms with Gasteiger partial charge in [-0.2, -0.15) is 0 Å². The monoisotopic (exact) mass is 387 g/mol. The number of nitrogens with zero attached hydrogens (tertiary/aromatic N) is 1. The molecule has 1 saturated heterocycles. The molecule has 0 saturated carbocycles. The molecule has 0 unspecified atom stereocenters. The van der Waals surface area contributed by atoms with Crippen LogP contribution in [0, 0.1) is 12.8 Å². The van der Waals surface area contributed by atoms with Crippen molar-refractivity contribution in [2.45, 2.75) is 65.5 Å². The third-order valence-electron chi connectivity index (χ3n) is 5.63. The second kappa shape index (κ2) is 10.2. The minimum absolute atomic E-state index is 0.0120. The Kier molecular flexibility index (Phi) is 8.03. The van der Waals surface area contributed by atoms with Gasteiger partial charge in [-0.05, 0) is 50.7 Å². The van der Waals surface area contributed by atoms with Gasteiger partial charge in [0.2, 0.25) is 11.8 Å². The van der Waals surface area contributed by atoms with E-state index in [1.807, 2.05) is 50.8 Å². The molecule has 2 atom stereocenters. The van der Waals surface area contributed by atoms with Gasteiger partial charge >= 0.3 is 0 Å². The van der Waals surface area contributed by atoms with Gasteiger partial charge in [-0.25, -0.2) is 0 Å². The predicted molar refractivity (Wildman–Crippen MR) is 110 cm³/mol. The molecule has 2 rings (SSSR count). The van der Waals surface area contributed by atoms with E-state index in [2.05, 4.69) is 10.6 Å². The van der Waals surface area contributed by atoms with Crippen molar-refractivity contribution in [3.05, 3.63) is 35.4 Å². The quantitative estimate of drug-likeness (QED) is 0.755. The van der Waals surface area contributed by atoms with Crippen molar-refractivity contribution in [3.8, 4) is 0 Å². The van der Waals surface area contributed by atoms with E-state index >= 15 is 0 Å². The van der Waals surface area contributed by atoms with Crippen LogP contribution in [0.3, 0.4) is 0 Å². The highest BCUT2D eigenvalue weighted by atomic mass is 16.2. The molecule has 0 aliphatic carbocycles. The van der Waals surface area contributed by atoms with E-state index in [4.69, 9.17) is 0 Å². The first-order valence-electron chi connectivity index (χ1n) is 10.3. The van der Waals surface area contributed by atoms with E-state index < -0.39 is 6.04 Å². The summed E-state index contributed by atoms with van der Waals surface area (Å²) in [4.78, 5) is 39.6. The lowest BCUT2D eigenvalue weighted by Gasteiger charge is -2.36. The van der Waals surface area contributed by atoms with Crippen molar-refractivity contribution in [3.63, 3.8) is 0 Å². The van der Waals surface area contributed by atoms with Crippen LogP contribution in [0.4, 0.5) is 0 Å². The zero-order valence-electron chi connectivity index (χ0n) is 17.5. The van der Waals surface area contributed by atoms with Gasteiger partial charge in [0.15, 0.2) is 0 Å². The van der Waals surface area contributed by atoms with Gasteiger partial charge in [-0.1, -0.05) is 32.0 Å². The first-order valence-corrected chi connectivity index (χ1v) is 10.3. The fourth-order valence-corrected chi connectivity index (χ4v) is 3.58. The number of carbonyl (C=O) groups is 3. The molecule has 1 heterocycles.